The molecule has 0 radical (unpaired) electrons. The Hall–Kier alpha value is -2.11. The number of anilines is 2. The zero-order valence-electron chi connectivity index (χ0n) is 9.68. The summed E-state index contributed by atoms with van der Waals surface area (Å²) in [5, 5.41) is 3.08. The molecule has 6 heteroatoms. The van der Waals surface area contributed by atoms with Crippen molar-refractivity contribution in [1.29, 1.82) is 0 Å². The van der Waals surface area contributed by atoms with Crippen molar-refractivity contribution in [3.63, 3.8) is 0 Å². The standard InChI is InChI=1S/C11H15N5O/c1-2-3-9-14-10(12)16-11(15-9)13-6-8-4-5-17-7-8/h4-5,7H,2-3,6H2,1H3,(H3,12,13,14,15,16). The van der Waals surface area contributed by atoms with E-state index in [9.17, 15) is 0 Å². The zero-order chi connectivity index (χ0) is 12.1. The molecule has 0 aliphatic carbocycles. The van der Waals surface area contributed by atoms with Crippen molar-refractivity contribution in [3.8, 4) is 0 Å². The van der Waals surface area contributed by atoms with Gasteiger partial charge in [-0.15, -0.1) is 0 Å². The van der Waals surface area contributed by atoms with Gasteiger partial charge in [0.2, 0.25) is 11.9 Å². The van der Waals surface area contributed by atoms with E-state index in [1.807, 2.05) is 6.07 Å². The van der Waals surface area contributed by atoms with Crippen LogP contribution < -0.4 is 11.1 Å². The second-order valence-corrected chi connectivity index (χ2v) is 3.67. The molecule has 2 heterocycles. The summed E-state index contributed by atoms with van der Waals surface area (Å²) in [4.78, 5) is 12.4. The van der Waals surface area contributed by atoms with E-state index in [1.54, 1.807) is 12.5 Å². The molecule has 0 aromatic carbocycles. The van der Waals surface area contributed by atoms with Crippen molar-refractivity contribution in [1.82, 2.24) is 15.0 Å². The Kier molecular flexibility index (Phi) is 3.54. The Balaban J connectivity index is 2.04. The SMILES string of the molecule is CCCc1nc(N)nc(NCc2ccoc2)n1. The Morgan fingerprint density at radius 2 is 2.24 bits per heavy atom. The summed E-state index contributed by atoms with van der Waals surface area (Å²) in [6, 6.07) is 1.88. The quantitative estimate of drug-likeness (QED) is 0.815. The van der Waals surface area contributed by atoms with Gasteiger partial charge in [0.15, 0.2) is 0 Å². The van der Waals surface area contributed by atoms with Gasteiger partial charge in [0.25, 0.3) is 0 Å². The van der Waals surface area contributed by atoms with Gasteiger partial charge in [0, 0.05) is 18.5 Å². The van der Waals surface area contributed by atoms with Crippen LogP contribution in [-0.2, 0) is 13.0 Å². The number of hydrogen-bond donors (Lipinski definition) is 2. The minimum atomic E-state index is 0.248. The number of furan rings is 1. The highest BCUT2D eigenvalue weighted by Crippen LogP contribution is 2.07. The van der Waals surface area contributed by atoms with Crippen LogP contribution in [0.15, 0.2) is 23.0 Å². The first-order chi connectivity index (χ1) is 8.28. The number of aryl methyl sites for hydroxylation is 1. The number of nitrogens with two attached hydrogens (primary N) is 1. The van der Waals surface area contributed by atoms with E-state index in [4.69, 9.17) is 10.2 Å². The molecule has 17 heavy (non-hydrogen) atoms. The molecule has 90 valence electrons. The summed E-state index contributed by atoms with van der Waals surface area (Å²) >= 11 is 0. The number of nitrogens with one attached hydrogen (secondary N) is 1. The number of rotatable bonds is 5. The van der Waals surface area contributed by atoms with Gasteiger partial charge in [-0.25, -0.2) is 0 Å². The normalized spacial score (nSPS) is 10.4. The number of nitrogens with zero attached hydrogens (tertiary/aromatic N) is 3. The van der Waals surface area contributed by atoms with Crippen molar-refractivity contribution >= 4 is 11.9 Å². The third-order valence-corrected chi connectivity index (χ3v) is 2.20. The highest BCUT2D eigenvalue weighted by atomic mass is 16.3. The van der Waals surface area contributed by atoms with Gasteiger partial charge >= 0.3 is 0 Å². The third kappa shape index (κ3) is 3.17. The fourth-order valence-corrected chi connectivity index (χ4v) is 1.43. The Morgan fingerprint density at radius 1 is 1.35 bits per heavy atom. The molecule has 0 fully saturated rings. The average molecular weight is 233 g/mol. The van der Waals surface area contributed by atoms with Gasteiger partial charge in [0.1, 0.15) is 5.82 Å². The summed E-state index contributed by atoms with van der Waals surface area (Å²) < 4.78 is 4.97. The molecule has 0 unspecified atom stereocenters. The van der Waals surface area contributed by atoms with Crippen LogP contribution in [-0.4, -0.2) is 15.0 Å². The first-order valence-corrected chi connectivity index (χ1v) is 5.53. The van der Waals surface area contributed by atoms with Crippen LogP contribution in [0.25, 0.3) is 0 Å². The first-order valence-electron chi connectivity index (χ1n) is 5.53. The van der Waals surface area contributed by atoms with Crippen molar-refractivity contribution in [2.24, 2.45) is 0 Å². The lowest BCUT2D eigenvalue weighted by molar-refractivity contribution is 0.564. The minimum absolute atomic E-state index is 0.248. The van der Waals surface area contributed by atoms with Crippen LogP contribution in [0.2, 0.25) is 0 Å². The predicted octanol–water partition coefficient (Wildman–Crippen LogP) is 1.61. The maximum Gasteiger partial charge on any atom is 0.228 e. The fraction of sp³-hybridized carbons (Fsp3) is 0.364. The summed E-state index contributed by atoms with van der Waals surface area (Å²) in [5.41, 5.74) is 6.65. The number of nitrogen functional groups attached to an aromatic ring is 1. The number of aromatic nitrogens is 3. The maximum atomic E-state index is 5.62. The van der Waals surface area contributed by atoms with Gasteiger partial charge in [-0.3, -0.25) is 0 Å². The summed E-state index contributed by atoms with van der Waals surface area (Å²) in [6.45, 7) is 2.67. The van der Waals surface area contributed by atoms with Crippen molar-refractivity contribution in [2.45, 2.75) is 26.3 Å². The van der Waals surface area contributed by atoms with Gasteiger partial charge in [-0.05, 0) is 12.5 Å². The smallest absolute Gasteiger partial charge is 0.228 e. The van der Waals surface area contributed by atoms with Crippen LogP contribution >= 0.6 is 0 Å². The van der Waals surface area contributed by atoms with Crippen molar-refractivity contribution < 1.29 is 4.42 Å². The molecular formula is C11H15N5O. The molecular weight excluding hydrogens is 218 g/mol. The van der Waals surface area contributed by atoms with E-state index in [2.05, 4.69) is 27.2 Å². The van der Waals surface area contributed by atoms with E-state index in [1.165, 1.54) is 0 Å². The van der Waals surface area contributed by atoms with Gasteiger partial charge in [-0.2, -0.15) is 15.0 Å². The zero-order valence-corrected chi connectivity index (χ0v) is 9.68. The molecule has 6 nitrogen and oxygen atoms in total. The van der Waals surface area contributed by atoms with E-state index in [-0.39, 0.29) is 5.95 Å². The van der Waals surface area contributed by atoms with Crippen LogP contribution in [0.3, 0.4) is 0 Å². The molecule has 0 aliphatic rings. The molecule has 2 aromatic rings. The molecule has 2 aromatic heterocycles. The monoisotopic (exact) mass is 233 g/mol. The van der Waals surface area contributed by atoms with Gasteiger partial charge in [-0.1, -0.05) is 6.92 Å². The van der Waals surface area contributed by atoms with Crippen LogP contribution in [0.4, 0.5) is 11.9 Å². The molecule has 3 N–H and O–H groups in total. The second-order valence-electron chi connectivity index (χ2n) is 3.67. The lowest BCUT2D eigenvalue weighted by Gasteiger charge is -2.05. The van der Waals surface area contributed by atoms with E-state index < -0.39 is 0 Å². The highest BCUT2D eigenvalue weighted by molar-refractivity contribution is 5.32. The molecule has 2 rings (SSSR count). The lowest BCUT2D eigenvalue weighted by atomic mass is 10.3. The Bertz CT molecular complexity index is 469. The van der Waals surface area contributed by atoms with Crippen molar-refractivity contribution in [3.05, 3.63) is 30.0 Å². The molecule has 0 spiro atoms. The van der Waals surface area contributed by atoms with Gasteiger partial charge in [0.05, 0.1) is 12.5 Å². The topological polar surface area (TPSA) is 89.9 Å². The Labute approximate surface area is 99.3 Å². The highest BCUT2D eigenvalue weighted by Gasteiger charge is 2.03. The van der Waals surface area contributed by atoms with Crippen LogP contribution in [0.1, 0.15) is 24.7 Å². The molecule has 0 saturated heterocycles. The van der Waals surface area contributed by atoms with Crippen LogP contribution in [0.5, 0.6) is 0 Å². The van der Waals surface area contributed by atoms with E-state index in [0.717, 1.165) is 24.2 Å². The summed E-state index contributed by atoms with van der Waals surface area (Å²) in [6.07, 6.45) is 5.07. The summed E-state index contributed by atoms with van der Waals surface area (Å²) in [7, 11) is 0. The van der Waals surface area contributed by atoms with E-state index >= 15 is 0 Å². The third-order valence-electron chi connectivity index (χ3n) is 2.20. The number of hydrogen-bond acceptors (Lipinski definition) is 6. The maximum absolute atomic E-state index is 5.62. The molecule has 0 amide bonds. The lowest BCUT2D eigenvalue weighted by Crippen LogP contribution is -2.09. The molecule has 0 bridgehead atoms. The van der Waals surface area contributed by atoms with Crippen LogP contribution in [0, 0.1) is 0 Å². The summed E-state index contributed by atoms with van der Waals surface area (Å²) in [5.74, 6) is 1.47. The first kappa shape index (κ1) is 11.4. The molecule has 0 saturated carbocycles. The van der Waals surface area contributed by atoms with E-state index in [0.29, 0.717) is 12.5 Å². The molecule has 0 atom stereocenters. The second kappa shape index (κ2) is 5.29. The largest absolute Gasteiger partial charge is 0.472 e. The predicted molar refractivity (Wildman–Crippen MR) is 64.3 cm³/mol. The fourth-order valence-electron chi connectivity index (χ4n) is 1.43. The minimum Gasteiger partial charge on any atom is -0.472 e. The average Bonchev–Trinajstić information content (AvgIpc) is 2.79. The van der Waals surface area contributed by atoms with Crippen molar-refractivity contribution in [2.75, 3.05) is 11.1 Å². The van der Waals surface area contributed by atoms with Gasteiger partial charge < -0.3 is 15.5 Å². The Morgan fingerprint density at radius 3 is 2.94 bits per heavy atom. The molecule has 0 aliphatic heterocycles.